The summed E-state index contributed by atoms with van der Waals surface area (Å²) in [5.41, 5.74) is -0.242. The van der Waals surface area contributed by atoms with E-state index >= 15 is 0 Å². The molecule has 2 aromatic heterocycles. The number of nitrogens with zero attached hydrogens (tertiary/aromatic N) is 2. The molecule has 0 aliphatic heterocycles. The standard InChI is InChI=1S/C10H8N2O6/c1-3-6(17-4(2)11-3)8-12-5(9(13)14)7(18-8)10(15)16/h1-2H3,(H,13,14)(H,15,16). The highest BCUT2D eigenvalue weighted by Crippen LogP contribution is 2.26. The zero-order chi connectivity index (χ0) is 13.4. The van der Waals surface area contributed by atoms with Crippen LogP contribution >= 0.6 is 0 Å². The lowest BCUT2D eigenvalue weighted by Gasteiger charge is -1.88. The summed E-state index contributed by atoms with van der Waals surface area (Å²) in [5, 5.41) is 17.6. The van der Waals surface area contributed by atoms with E-state index in [1.807, 2.05) is 0 Å². The fraction of sp³-hybridized carbons (Fsp3) is 0.200. The average Bonchev–Trinajstić information content (AvgIpc) is 2.81. The molecule has 2 N–H and O–H groups in total. The Balaban J connectivity index is 2.60. The maximum absolute atomic E-state index is 10.8. The topological polar surface area (TPSA) is 127 Å². The second-order valence-electron chi connectivity index (χ2n) is 3.45. The van der Waals surface area contributed by atoms with Gasteiger partial charge in [0, 0.05) is 6.92 Å². The van der Waals surface area contributed by atoms with E-state index in [1.165, 1.54) is 0 Å². The van der Waals surface area contributed by atoms with Gasteiger partial charge in [0.05, 0.1) is 5.69 Å². The highest BCUT2D eigenvalue weighted by atomic mass is 16.4. The van der Waals surface area contributed by atoms with E-state index in [-0.39, 0.29) is 11.7 Å². The fourth-order valence-electron chi connectivity index (χ4n) is 1.44. The van der Waals surface area contributed by atoms with Gasteiger partial charge < -0.3 is 19.0 Å². The Morgan fingerprint density at radius 2 is 1.72 bits per heavy atom. The number of rotatable bonds is 3. The van der Waals surface area contributed by atoms with Crippen LogP contribution in [0.25, 0.3) is 11.7 Å². The third-order valence-corrected chi connectivity index (χ3v) is 2.12. The predicted octanol–water partition coefficient (Wildman–Crippen LogP) is 1.34. The summed E-state index contributed by atoms with van der Waals surface area (Å²) in [6.45, 7) is 3.20. The normalized spacial score (nSPS) is 10.6. The van der Waals surface area contributed by atoms with Crippen molar-refractivity contribution in [2.45, 2.75) is 13.8 Å². The van der Waals surface area contributed by atoms with Crippen LogP contribution in [0.15, 0.2) is 8.83 Å². The monoisotopic (exact) mass is 252 g/mol. The molecule has 0 aliphatic rings. The Labute approximate surface area is 99.9 Å². The summed E-state index contributed by atoms with van der Waals surface area (Å²) in [4.78, 5) is 29.2. The van der Waals surface area contributed by atoms with Crippen LogP contribution in [0.5, 0.6) is 0 Å². The first-order chi connectivity index (χ1) is 8.40. The van der Waals surface area contributed by atoms with Gasteiger partial charge in [-0.15, -0.1) is 0 Å². The quantitative estimate of drug-likeness (QED) is 0.837. The van der Waals surface area contributed by atoms with Crippen molar-refractivity contribution in [2.75, 3.05) is 0 Å². The SMILES string of the molecule is Cc1nc(C)c(-c2nc(C(=O)O)c(C(=O)O)o2)o1. The van der Waals surface area contributed by atoms with Gasteiger partial charge in [0.1, 0.15) is 0 Å². The summed E-state index contributed by atoms with van der Waals surface area (Å²) in [6.07, 6.45) is 0. The van der Waals surface area contributed by atoms with Gasteiger partial charge in [-0.1, -0.05) is 0 Å². The molecule has 0 aliphatic carbocycles. The van der Waals surface area contributed by atoms with Gasteiger partial charge in [0.2, 0.25) is 17.2 Å². The van der Waals surface area contributed by atoms with Crippen molar-refractivity contribution >= 4 is 11.9 Å². The van der Waals surface area contributed by atoms with Crippen molar-refractivity contribution in [1.82, 2.24) is 9.97 Å². The molecule has 0 saturated carbocycles. The minimum absolute atomic E-state index is 0.113. The number of aromatic nitrogens is 2. The molecule has 0 bridgehead atoms. The first-order valence-corrected chi connectivity index (χ1v) is 4.82. The van der Waals surface area contributed by atoms with Crippen molar-refractivity contribution in [1.29, 1.82) is 0 Å². The first-order valence-electron chi connectivity index (χ1n) is 4.82. The highest BCUT2D eigenvalue weighted by molar-refractivity contribution is 5.98. The lowest BCUT2D eigenvalue weighted by molar-refractivity contribution is 0.0624. The van der Waals surface area contributed by atoms with Crippen molar-refractivity contribution in [3.05, 3.63) is 23.0 Å². The van der Waals surface area contributed by atoms with Crippen molar-refractivity contribution in [3.8, 4) is 11.7 Å². The molecular formula is C10H8N2O6. The second-order valence-corrected chi connectivity index (χ2v) is 3.45. The van der Waals surface area contributed by atoms with Gasteiger partial charge in [-0.2, -0.15) is 4.98 Å². The van der Waals surface area contributed by atoms with Crippen LogP contribution < -0.4 is 0 Å². The van der Waals surface area contributed by atoms with E-state index in [2.05, 4.69) is 9.97 Å². The Morgan fingerprint density at radius 3 is 2.11 bits per heavy atom. The molecule has 18 heavy (non-hydrogen) atoms. The third kappa shape index (κ3) is 1.83. The largest absolute Gasteiger partial charge is 0.476 e. The molecule has 2 heterocycles. The molecule has 0 saturated heterocycles. The average molecular weight is 252 g/mol. The lowest BCUT2D eigenvalue weighted by Crippen LogP contribution is -2.05. The van der Waals surface area contributed by atoms with Crippen LogP contribution in [0.4, 0.5) is 0 Å². The number of oxazole rings is 2. The molecule has 0 radical (unpaired) electrons. The Bertz CT molecular complexity index is 607. The molecule has 8 heteroatoms. The molecule has 0 fully saturated rings. The number of aryl methyl sites for hydroxylation is 2. The molecule has 0 spiro atoms. The number of carbonyl (C=O) groups is 2. The van der Waals surface area contributed by atoms with E-state index in [9.17, 15) is 9.59 Å². The van der Waals surface area contributed by atoms with E-state index in [4.69, 9.17) is 19.0 Å². The van der Waals surface area contributed by atoms with Crippen LogP contribution in [0, 0.1) is 13.8 Å². The lowest BCUT2D eigenvalue weighted by atomic mass is 10.3. The zero-order valence-electron chi connectivity index (χ0n) is 9.42. The fourth-order valence-corrected chi connectivity index (χ4v) is 1.44. The Morgan fingerprint density at radius 1 is 1.06 bits per heavy atom. The first kappa shape index (κ1) is 11.8. The molecular weight excluding hydrogens is 244 g/mol. The van der Waals surface area contributed by atoms with E-state index in [1.54, 1.807) is 13.8 Å². The van der Waals surface area contributed by atoms with Crippen LogP contribution in [0.1, 0.15) is 32.6 Å². The van der Waals surface area contributed by atoms with Crippen molar-refractivity contribution in [3.63, 3.8) is 0 Å². The third-order valence-electron chi connectivity index (χ3n) is 2.12. The Kier molecular flexibility index (Phi) is 2.62. The number of aromatic carboxylic acids is 2. The van der Waals surface area contributed by atoms with Crippen LogP contribution in [-0.2, 0) is 0 Å². The molecule has 94 valence electrons. The number of carboxylic acid groups (broad SMARTS) is 2. The molecule has 8 nitrogen and oxygen atoms in total. The maximum atomic E-state index is 10.8. The number of hydrogen-bond acceptors (Lipinski definition) is 6. The van der Waals surface area contributed by atoms with Crippen LogP contribution in [0.3, 0.4) is 0 Å². The molecule has 0 unspecified atom stereocenters. The van der Waals surface area contributed by atoms with Gasteiger partial charge in [-0.3, -0.25) is 0 Å². The highest BCUT2D eigenvalue weighted by Gasteiger charge is 2.27. The van der Waals surface area contributed by atoms with E-state index in [0.717, 1.165) is 0 Å². The minimum atomic E-state index is -1.51. The van der Waals surface area contributed by atoms with Gasteiger partial charge in [-0.25, -0.2) is 14.6 Å². The molecule has 2 rings (SSSR count). The van der Waals surface area contributed by atoms with Crippen molar-refractivity contribution in [2.24, 2.45) is 0 Å². The molecule has 0 aromatic carbocycles. The van der Waals surface area contributed by atoms with Gasteiger partial charge >= 0.3 is 11.9 Å². The molecule has 2 aromatic rings. The zero-order valence-corrected chi connectivity index (χ0v) is 9.42. The summed E-state index contributed by atoms with van der Waals surface area (Å²) in [7, 11) is 0. The summed E-state index contributed by atoms with van der Waals surface area (Å²) in [5.74, 6) is -3.51. The van der Waals surface area contributed by atoms with Gasteiger partial charge in [-0.05, 0) is 6.92 Å². The number of hydrogen-bond donors (Lipinski definition) is 2. The Hall–Kier alpha value is -2.64. The van der Waals surface area contributed by atoms with E-state index in [0.29, 0.717) is 11.6 Å². The summed E-state index contributed by atoms with van der Waals surface area (Å²) >= 11 is 0. The second kappa shape index (κ2) is 3.99. The maximum Gasteiger partial charge on any atom is 0.374 e. The van der Waals surface area contributed by atoms with E-state index < -0.39 is 23.4 Å². The summed E-state index contributed by atoms with van der Waals surface area (Å²) < 4.78 is 10.1. The predicted molar refractivity (Wildman–Crippen MR) is 55.4 cm³/mol. The van der Waals surface area contributed by atoms with Crippen molar-refractivity contribution < 1.29 is 28.6 Å². The molecule has 0 amide bonds. The van der Waals surface area contributed by atoms with Crippen LogP contribution in [-0.4, -0.2) is 32.1 Å². The molecule has 0 atom stereocenters. The number of carboxylic acids is 2. The van der Waals surface area contributed by atoms with Crippen LogP contribution in [0.2, 0.25) is 0 Å². The summed E-state index contributed by atoms with van der Waals surface area (Å²) in [6, 6.07) is 0. The van der Waals surface area contributed by atoms with Gasteiger partial charge in [0.25, 0.3) is 5.89 Å². The smallest absolute Gasteiger partial charge is 0.374 e. The van der Waals surface area contributed by atoms with Gasteiger partial charge in [0.15, 0.2) is 5.89 Å². The minimum Gasteiger partial charge on any atom is -0.476 e.